The molecule has 8 heteroatoms. The van der Waals surface area contributed by atoms with Crippen LogP contribution in [0.15, 0.2) is 0 Å². The predicted molar refractivity (Wildman–Crippen MR) is 90.1 cm³/mol. The lowest BCUT2D eigenvalue weighted by atomic mass is 10.1. The van der Waals surface area contributed by atoms with Crippen LogP contribution in [0.3, 0.4) is 0 Å². The molecule has 2 aliphatic heterocycles. The van der Waals surface area contributed by atoms with Crippen molar-refractivity contribution in [2.24, 2.45) is 5.92 Å². The molecular weight excluding hydrogens is 328 g/mol. The third kappa shape index (κ3) is 3.11. The number of carbonyl (C=O) groups excluding carboxylic acids is 1. The summed E-state index contributed by atoms with van der Waals surface area (Å²) in [7, 11) is -2.97. The van der Waals surface area contributed by atoms with E-state index in [0.29, 0.717) is 24.7 Å². The number of aromatic nitrogens is 2. The van der Waals surface area contributed by atoms with Gasteiger partial charge in [-0.2, -0.15) is 0 Å². The summed E-state index contributed by atoms with van der Waals surface area (Å²) < 4.78 is 23.1. The molecule has 130 valence electrons. The monoisotopic (exact) mass is 350 g/mol. The number of nitrogens with one attached hydrogen (secondary N) is 1. The van der Waals surface area contributed by atoms with Gasteiger partial charge in [-0.1, -0.05) is 0 Å². The number of carbonyl (C=O) groups is 1. The van der Waals surface area contributed by atoms with E-state index >= 15 is 0 Å². The van der Waals surface area contributed by atoms with E-state index in [9.17, 15) is 13.2 Å². The number of hydrogen-bond acceptors (Lipinski definition) is 6. The molecule has 1 amide bonds. The van der Waals surface area contributed by atoms with Crippen molar-refractivity contribution in [2.75, 3.05) is 36.5 Å². The van der Waals surface area contributed by atoms with Crippen molar-refractivity contribution >= 4 is 21.6 Å². The molecule has 0 radical (unpaired) electrons. The summed E-state index contributed by atoms with van der Waals surface area (Å²) in [6.45, 7) is 2.07. The molecule has 1 aromatic heterocycles. The summed E-state index contributed by atoms with van der Waals surface area (Å²) >= 11 is 0. The molecule has 0 bridgehead atoms. The topological polar surface area (TPSA) is 92.3 Å². The maximum absolute atomic E-state index is 12.2. The second-order valence-corrected chi connectivity index (χ2v) is 9.39. The van der Waals surface area contributed by atoms with Crippen LogP contribution in [-0.2, 0) is 16.3 Å². The predicted octanol–water partition coefficient (Wildman–Crippen LogP) is 0.511. The van der Waals surface area contributed by atoms with E-state index in [4.69, 9.17) is 4.98 Å². The van der Waals surface area contributed by atoms with Gasteiger partial charge in [-0.15, -0.1) is 0 Å². The maximum atomic E-state index is 12.2. The van der Waals surface area contributed by atoms with Crippen LogP contribution in [0, 0.1) is 5.92 Å². The zero-order chi connectivity index (χ0) is 16.9. The molecule has 24 heavy (non-hydrogen) atoms. The standard InChI is InChI=1S/C16H22N4O3S/c1-24(22,23)9-10-5-7-20(8-10)15-12-4-6-17-16(21)13(12)18-14(19-15)11-2-3-11/h10-11H,2-9H2,1H3,(H,17,21). The van der Waals surface area contributed by atoms with Gasteiger partial charge < -0.3 is 10.2 Å². The van der Waals surface area contributed by atoms with Gasteiger partial charge in [0.25, 0.3) is 5.91 Å². The molecule has 2 fully saturated rings. The van der Waals surface area contributed by atoms with Crippen LogP contribution in [-0.4, -0.2) is 55.9 Å². The van der Waals surface area contributed by atoms with Gasteiger partial charge in [0, 0.05) is 37.4 Å². The molecule has 1 unspecified atom stereocenters. The van der Waals surface area contributed by atoms with Gasteiger partial charge in [0.05, 0.1) is 5.75 Å². The average molecular weight is 350 g/mol. The zero-order valence-electron chi connectivity index (χ0n) is 13.8. The third-order valence-electron chi connectivity index (χ3n) is 4.94. The maximum Gasteiger partial charge on any atom is 0.270 e. The first-order valence-corrected chi connectivity index (χ1v) is 10.6. The molecule has 0 spiro atoms. The molecule has 1 aromatic rings. The number of sulfone groups is 1. The Kier molecular flexibility index (Phi) is 3.74. The Bertz CT molecular complexity index is 789. The van der Waals surface area contributed by atoms with E-state index in [-0.39, 0.29) is 17.6 Å². The quantitative estimate of drug-likeness (QED) is 0.851. The van der Waals surface area contributed by atoms with Gasteiger partial charge >= 0.3 is 0 Å². The second-order valence-electron chi connectivity index (χ2n) is 7.21. The van der Waals surface area contributed by atoms with Gasteiger partial charge in [0.2, 0.25) is 0 Å². The molecule has 1 N–H and O–H groups in total. The van der Waals surface area contributed by atoms with Crippen LogP contribution < -0.4 is 10.2 Å². The molecule has 1 aliphatic carbocycles. The SMILES string of the molecule is CS(=O)(=O)CC1CCN(c2nc(C3CC3)nc3c2CCNC3=O)C1. The Balaban J connectivity index is 1.66. The van der Waals surface area contributed by atoms with Crippen LogP contribution in [0.5, 0.6) is 0 Å². The first-order valence-electron chi connectivity index (χ1n) is 8.52. The Morgan fingerprint density at radius 3 is 2.75 bits per heavy atom. The molecule has 1 saturated heterocycles. The fourth-order valence-electron chi connectivity index (χ4n) is 3.67. The van der Waals surface area contributed by atoms with E-state index in [1.165, 1.54) is 6.26 Å². The van der Waals surface area contributed by atoms with E-state index in [2.05, 4.69) is 15.2 Å². The van der Waals surface area contributed by atoms with Crippen molar-refractivity contribution in [1.29, 1.82) is 0 Å². The largest absolute Gasteiger partial charge is 0.356 e. The summed E-state index contributed by atoms with van der Waals surface area (Å²) in [5.74, 6) is 2.23. The molecule has 1 saturated carbocycles. The fraction of sp³-hybridized carbons (Fsp3) is 0.688. The van der Waals surface area contributed by atoms with Gasteiger partial charge in [0.1, 0.15) is 27.2 Å². The highest BCUT2D eigenvalue weighted by atomic mass is 32.2. The lowest BCUT2D eigenvalue weighted by Crippen LogP contribution is -2.36. The van der Waals surface area contributed by atoms with Crippen molar-refractivity contribution in [3.05, 3.63) is 17.1 Å². The lowest BCUT2D eigenvalue weighted by molar-refractivity contribution is 0.0940. The first kappa shape index (κ1) is 15.8. The lowest BCUT2D eigenvalue weighted by Gasteiger charge is -2.25. The molecular formula is C16H22N4O3S. The van der Waals surface area contributed by atoms with Crippen molar-refractivity contribution in [3.8, 4) is 0 Å². The smallest absolute Gasteiger partial charge is 0.270 e. The summed E-state index contributed by atoms with van der Waals surface area (Å²) in [4.78, 5) is 23.7. The minimum absolute atomic E-state index is 0.117. The highest BCUT2D eigenvalue weighted by molar-refractivity contribution is 7.90. The Morgan fingerprint density at radius 1 is 1.25 bits per heavy atom. The van der Waals surface area contributed by atoms with Crippen LogP contribution in [0.1, 0.15) is 47.1 Å². The van der Waals surface area contributed by atoms with Gasteiger partial charge in [-0.25, -0.2) is 18.4 Å². The van der Waals surface area contributed by atoms with Crippen molar-refractivity contribution in [2.45, 2.75) is 31.6 Å². The number of fused-ring (bicyclic) bond motifs is 1. The van der Waals surface area contributed by atoms with Gasteiger partial charge in [0.15, 0.2) is 0 Å². The third-order valence-corrected chi connectivity index (χ3v) is 6.02. The number of amides is 1. The molecule has 4 rings (SSSR count). The van der Waals surface area contributed by atoms with E-state index in [0.717, 1.165) is 49.4 Å². The normalized spacial score (nSPS) is 24.0. The summed E-state index contributed by atoms with van der Waals surface area (Å²) in [6.07, 6.45) is 5.02. The Labute approximate surface area is 141 Å². The van der Waals surface area contributed by atoms with E-state index in [1.54, 1.807) is 0 Å². The number of rotatable bonds is 4. The molecule has 3 aliphatic rings. The van der Waals surface area contributed by atoms with Gasteiger partial charge in [-0.3, -0.25) is 4.79 Å². The summed E-state index contributed by atoms with van der Waals surface area (Å²) in [5, 5.41) is 2.86. The van der Waals surface area contributed by atoms with E-state index in [1.807, 2.05) is 0 Å². The summed E-state index contributed by atoms with van der Waals surface area (Å²) in [5.41, 5.74) is 1.43. The number of hydrogen-bond donors (Lipinski definition) is 1. The van der Waals surface area contributed by atoms with Crippen LogP contribution in [0.25, 0.3) is 0 Å². The van der Waals surface area contributed by atoms with Crippen LogP contribution in [0.4, 0.5) is 5.82 Å². The van der Waals surface area contributed by atoms with Crippen molar-refractivity contribution in [3.63, 3.8) is 0 Å². The summed E-state index contributed by atoms with van der Waals surface area (Å²) in [6, 6.07) is 0. The minimum atomic E-state index is -2.97. The second kappa shape index (κ2) is 5.68. The fourth-order valence-corrected chi connectivity index (χ4v) is 4.79. The highest BCUT2D eigenvalue weighted by Crippen LogP contribution is 2.40. The first-order chi connectivity index (χ1) is 11.4. The molecule has 3 heterocycles. The molecule has 7 nitrogen and oxygen atoms in total. The van der Waals surface area contributed by atoms with Crippen LogP contribution in [0.2, 0.25) is 0 Å². The minimum Gasteiger partial charge on any atom is -0.356 e. The van der Waals surface area contributed by atoms with Crippen LogP contribution >= 0.6 is 0 Å². The van der Waals surface area contributed by atoms with Crippen molar-refractivity contribution in [1.82, 2.24) is 15.3 Å². The Hall–Kier alpha value is -1.70. The average Bonchev–Trinajstić information content (AvgIpc) is 3.26. The molecule has 1 atom stereocenters. The molecule has 0 aromatic carbocycles. The number of nitrogens with zero attached hydrogens (tertiary/aromatic N) is 3. The number of anilines is 1. The van der Waals surface area contributed by atoms with Crippen molar-refractivity contribution < 1.29 is 13.2 Å². The van der Waals surface area contributed by atoms with Gasteiger partial charge in [-0.05, 0) is 31.6 Å². The highest BCUT2D eigenvalue weighted by Gasteiger charge is 2.34. The zero-order valence-corrected chi connectivity index (χ0v) is 14.6. The van der Waals surface area contributed by atoms with E-state index < -0.39 is 9.84 Å². The Morgan fingerprint density at radius 2 is 2.04 bits per heavy atom.